The summed E-state index contributed by atoms with van der Waals surface area (Å²) >= 11 is 0. The number of nitrogens with zero attached hydrogens (tertiary/aromatic N) is 2. The molecule has 1 aliphatic rings. The highest BCUT2D eigenvalue weighted by atomic mass is 16.7. The molecule has 3 heterocycles. The summed E-state index contributed by atoms with van der Waals surface area (Å²) in [5, 5.41) is 2.85. The molecule has 3 aromatic rings. The molecule has 0 aliphatic carbocycles. The fourth-order valence-corrected chi connectivity index (χ4v) is 3.53. The molecule has 0 spiro atoms. The normalized spacial score (nSPS) is 12.1. The molecule has 7 heteroatoms. The van der Waals surface area contributed by atoms with Gasteiger partial charge in [0.05, 0.1) is 5.69 Å². The number of amides is 1. The first kappa shape index (κ1) is 19.7. The van der Waals surface area contributed by atoms with E-state index in [0.29, 0.717) is 35.7 Å². The van der Waals surface area contributed by atoms with Gasteiger partial charge in [-0.2, -0.15) is 0 Å². The zero-order valence-corrected chi connectivity index (χ0v) is 17.2. The Kier molecular flexibility index (Phi) is 5.27. The van der Waals surface area contributed by atoms with Gasteiger partial charge in [0.15, 0.2) is 11.5 Å². The summed E-state index contributed by atoms with van der Waals surface area (Å²) in [6, 6.07) is 9.06. The van der Waals surface area contributed by atoms with E-state index in [9.17, 15) is 9.59 Å². The maximum Gasteiger partial charge on any atom is 0.268 e. The summed E-state index contributed by atoms with van der Waals surface area (Å²) in [5.74, 6) is 0.821. The molecule has 0 saturated carbocycles. The third-order valence-electron chi connectivity index (χ3n) is 5.13. The average Bonchev–Trinajstić information content (AvgIpc) is 3.17. The molecule has 30 heavy (non-hydrogen) atoms. The lowest BCUT2D eigenvalue weighted by Gasteiger charge is -2.12. The number of rotatable bonds is 5. The molecular formula is C23H23N3O4. The van der Waals surface area contributed by atoms with E-state index in [0.717, 1.165) is 16.8 Å². The number of hydrogen-bond acceptors (Lipinski definition) is 5. The standard InChI is InChI=1S/C23H23N3O4/c1-14-10-16(3)18(25-12-14)6-8-24-22(27)21-15(2)7-9-26(23(21)28)17-4-5-19-20(11-17)30-13-29-19/h4-5,7,9-12H,6,8,13H2,1-3H3,(H,24,27). The molecule has 0 bridgehead atoms. The molecule has 0 atom stereocenters. The molecular weight excluding hydrogens is 382 g/mol. The highest BCUT2D eigenvalue weighted by molar-refractivity contribution is 5.95. The van der Waals surface area contributed by atoms with E-state index in [4.69, 9.17) is 9.47 Å². The van der Waals surface area contributed by atoms with Crippen molar-refractivity contribution < 1.29 is 14.3 Å². The second kappa shape index (κ2) is 8.02. The maximum absolute atomic E-state index is 13.1. The van der Waals surface area contributed by atoms with Crippen molar-refractivity contribution in [1.82, 2.24) is 14.9 Å². The third-order valence-corrected chi connectivity index (χ3v) is 5.13. The largest absolute Gasteiger partial charge is 0.454 e. The van der Waals surface area contributed by atoms with Crippen LogP contribution in [0, 0.1) is 20.8 Å². The van der Waals surface area contributed by atoms with Crippen LogP contribution in [0.4, 0.5) is 0 Å². The number of hydrogen-bond donors (Lipinski definition) is 1. The smallest absolute Gasteiger partial charge is 0.268 e. The van der Waals surface area contributed by atoms with E-state index in [1.165, 1.54) is 4.57 Å². The summed E-state index contributed by atoms with van der Waals surface area (Å²) in [6.07, 6.45) is 4.07. The number of nitrogens with one attached hydrogen (secondary N) is 1. The highest BCUT2D eigenvalue weighted by Gasteiger charge is 2.18. The van der Waals surface area contributed by atoms with Gasteiger partial charge in [0, 0.05) is 37.1 Å². The number of pyridine rings is 2. The summed E-state index contributed by atoms with van der Waals surface area (Å²) < 4.78 is 12.1. The number of benzene rings is 1. The van der Waals surface area contributed by atoms with Gasteiger partial charge in [-0.05, 0) is 55.7 Å². The predicted octanol–water partition coefficient (Wildman–Crippen LogP) is 2.86. The van der Waals surface area contributed by atoms with Crippen LogP contribution in [0.2, 0.25) is 0 Å². The van der Waals surface area contributed by atoms with Crippen LogP contribution in [0.15, 0.2) is 47.5 Å². The Morgan fingerprint density at radius 2 is 1.90 bits per heavy atom. The fourth-order valence-electron chi connectivity index (χ4n) is 3.53. The minimum Gasteiger partial charge on any atom is -0.454 e. The van der Waals surface area contributed by atoms with Crippen LogP contribution in [0.5, 0.6) is 11.5 Å². The van der Waals surface area contributed by atoms with Crippen LogP contribution in [0.1, 0.15) is 32.7 Å². The lowest BCUT2D eigenvalue weighted by molar-refractivity contribution is 0.0951. The zero-order valence-electron chi connectivity index (χ0n) is 17.2. The van der Waals surface area contributed by atoms with Crippen molar-refractivity contribution in [2.75, 3.05) is 13.3 Å². The van der Waals surface area contributed by atoms with Crippen LogP contribution < -0.4 is 20.3 Å². The fraction of sp³-hybridized carbons (Fsp3) is 0.261. The van der Waals surface area contributed by atoms with Crippen molar-refractivity contribution in [3.63, 3.8) is 0 Å². The Morgan fingerprint density at radius 3 is 2.70 bits per heavy atom. The molecule has 0 unspecified atom stereocenters. The van der Waals surface area contributed by atoms with Crippen molar-refractivity contribution in [3.8, 4) is 17.2 Å². The molecule has 1 amide bonds. The molecule has 154 valence electrons. The molecule has 1 aliphatic heterocycles. The number of aromatic nitrogens is 2. The van der Waals surface area contributed by atoms with Crippen molar-refractivity contribution in [1.29, 1.82) is 0 Å². The Bertz CT molecular complexity index is 1180. The van der Waals surface area contributed by atoms with E-state index < -0.39 is 5.91 Å². The topological polar surface area (TPSA) is 82.5 Å². The quantitative estimate of drug-likeness (QED) is 0.706. The average molecular weight is 405 g/mol. The molecule has 7 nitrogen and oxygen atoms in total. The van der Waals surface area contributed by atoms with E-state index in [1.54, 1.807) is 37.4 Å². The lowest BCUT2D eigenvalue weighted by Crippen LogP contribution is -2.34. The number of carbonyl (C=O) groups is 1. The second-order valence-electron chi connectivity index (χ2n) is 7.37. The first-order valence-electron chi connectivity index (χ1n) is 9.76. The van der Waals surface area contributed by atoms with Gasteiger partial charge in [-0.15, -0.1) is 0 Å². The van der Waals surface area contributed by atoms with Gasteiger partial charge < -0.3 is 14.8 Å². The summed E-state index contributed by atoms with van der Waals surface area (Å²) in [6.45, 7) is 6.31. The second-order valence-corrected chi connectivity index (χ2v) is 7.37. The highest BCUT2D eigenvalue weighted by Crippen LogP contribution is 2.33. The Morgan fingerprint density at radius 1 is 1.10 bits per heavy atom. The van der Waals surface area contributed by atoms with E-state index in [-0.39, 0.29) is 17.9 Å². The van der Waals surface area contributed by atoms with Gasteiger partial charge in [0.1, 0.15) is 5.56 Å². The Balaban J connectivity index is 1.54. The number of fused-ring (bicyclic) bond motifs is 1. The van der Waals surface area contributed by atoms with E-state index in [2.05, 4.69) is 16.4 Å². The summed E-state index contributed by atoms with van der Waals surface area (Å²) in [5.41, 5.74) is 4.11. The van der Waals surface area contributed by atoms with Gasteiger partial charge in [0.2, 0.25) is 6.79 Å². The molecule has 2 aromatic heterocycles. The Labute approximate surface area is 174 Å². The van der Waals surface area contributed by atoms with Crippen molar-refractivity contribution in [2.24, 2.45) is 0 Å². The molecule has 4 rings (SSSR count). The number of ether oxygens (including phenoxy) is 2. The molecule has 0 saturated heterocycles. The van der Waals surface area contributed by atoms with Crippen LogP contribution >= 0.6 is 0 Å². The van der Waals surface area contributed by atoms with Crippen LogP contribution in [0.25, 0.3) is 5.69 Å². The van der Waals surface area contributed by atoms with Crippen molar-refractivity contribution >= 4 is 5.91 Å². The maximum atomic E-state index is 13.1. The van der Waals surface area contributed by atoms with Crippen molar-refractivity contribution in [3.05, 3.63) is 81.0 Å². The van der Waals surface area contributed by atoms with Crippen LogP contribution in [0.3, 0.4) is 0 Å². The molecule has 0 radical (unpaired) electrons. The van der Waals surface area contributed by atoms with Gasteiger partial charge in [-0.1, -0.05) is 6.07 Å². The summed E-state index contributed by atoms with van der Waals surface area (Å²) in [7, 11) is 0. The first-order valence-corrected chi connectivity index (χ1v) is 9.76. The van der Waals surface area contributed by atoms with Gasteiger partial charge in [0.25, 0.3) is 11.5 Å². The number of carbonyl (C=O) groups excluding carboxylic acids is 1. The molecule has 1 aromatic carbocycles. The molecule has 0 fully saturated rings. The van der Waals surface area contributed by atoms with Gasteiger partial charge in [-0.3, -0.25) is 19.1 Å². The van der Waals surface area contributed by atoms with Crippen LogP contribution in [-0.2, 0) is 6.42 Å². The van der Waals surface area contributed by atoms with Gasteiger partial charge >= 0.3 is 0 Å². The van der Waals surface area contributed by atoms with E-state index >= 15 is 0 Å². The van der Waals surface area contributed by atoms with Crippen LogP contribution in [-0.4, -0.2) is 28.8 Å². The minimum atomic E-state index is -0.391. The zero-order chi connectivity index (χ0) is 21.3. The third kappa shape index (κ3) is 3.78. The monoisotopic (exact) mass is 405 g/mol. The number of aryl methyl sites for hydroxylation is 3. The molecule has 1 N–H and O–H groups in total. The summed E-state index contributed by atoms with van der Waals surface area (Å²) in [4.78, 5) is 30.3. The SMILES string of the molecule is Cc1cnc(CCNC(=O)c2c(C)ccn(-c3ccc4c(c3)OCO4)c2=O)c(C)c1. The van der Waals surface area contributed by atoms with E-state index in [1.807, 2.05) is 20.0 Å². The van der Waals surface area contributed by atoms with Gasteiger partial charge in [-0.25, -0.2) is 0 Å². The lowest BCUT2D eigenvalue weighted by atomic mass is 10.1. The Hall–Kier alpha value is -3.61. The minimum absolute atomic E-state index is 0.128. The van der Waals surface area contributed by atoms with Crippen molar-refractivity contribution in [2.45, 2.75) is 27.2 Å². The first-order chi connectivity index (χ1) is 14.4. The predicted molar refractivity (Wildman–Crippen MR) is 113 cm³/mol.